The zero-order valence-corrected chi connectivity index (χ0v) is 16.8. The number of fused-ring (bicyclic) bond motifs is 1. The van der Waals surface area contributed by atoms with E-state index >= 15 is 0 Å². The van der Waals surface area contributed by atoms with Crippen LogP contribution in [0.5, 0.6) is 0 Å². The van der Waals surface area contributed by atoms with Gasteiger partial charge in [0, 0.05) is 54.8 Å². The minimum absolute atomic E-state index is 0.0729. The number of aromatic amines is 1. The number of hydrogen-bond donors (Lipinski definition) is 2. The van der Waals surface area contributed by atoms with Gasteiger partial charge in [0.15, 0.2) is 0 Å². The standard InChI is InChI=1S/C23H25N5O2/c29-21(12-18-3-1-2-7-25-18)28-9-5-23(6-10-28)13-17(23)15-26-22(30)20-11-16-14-24-8-4-19(16)27-20/h1-4,7-8,11,14,17,27H,5-6,9-10,12-13,15H2,(H,26,30). The highest BCUT2D eigenvalue weighted by Crippen LogP contribution is 2.59. The van der Waals surface area contributed by atoms with Crippen LogP contribution in [0.4, 0.5) is 0 Å². The Kier molecular flexibility index (Phi) is 4.73. The summed E-state index contributed by atoms with van der Waals surface area (Å²) in [4.78, 5) is 38.5. The average Bonchev–Trinajstić information content (AvgIpc) is 3.25. The molecule has 30 heavy (non-hydrogen) atoms. The van der Waals surface area contributed by atoms with E-state index in [9.17, 15) is 9.59 Å². The van der Waals surface area contributed by atoms with Gasteiger partial charge >= 0.3 is 0 Å². The van der Waals surface area contributed by atoms with Crippen molar-refractivity contribution in [3.05, 3.63) is 60.3 Å². The number of aromatic nitrogens is 3. The normalized spacial score (nSPS) is 19.7. The fourth-order valence-corrected chi connectivity index (χ4v) is 4.71. The van der Waals surface area contributed by atoms with Gasteiger partial charge in [-0.1, -0.05) is 6.07 Å². The topological polar surface area (TPSA) is 91.0 Å². The molecule has 1 spiro atoms. The third-order valence-corrected chi connectivity index (χ3v) is 6.70. The van der Waals surface area contributed by atoms with Gasteiger partial charge in [0.25, 0.3) is 5.91 Å². The molecule has 2 amide bonds. The van der Waals surface area contributed by atoms with Crippen LogP contribution in [0, 0.1) is 11.3 Å². The summed E-state index contributed by atoms with van der Waals surface area (Å²) in [5.41, 5.74) is 2.60. The number of carbonyl (C=O) groups is 2. The molecule has 3 aromatic heterocycles. The maximum Gasteiger partial charge on any atom is 0.267 e. The van der Waals surface area contributed by atoms with Crippen molar-refractivity contribution in [3.63, 3.8) is 0 Å². The molecule has 4 heterocycles. The van der Waals surface area contributed by atoms with E-state index in [1.807, 2.05) is 35.2 Å². The van der Waals surface area contributed by atoms with Gasteiger partial charge in [-0.05, 0) is 54.9 Å². The number of pyridine rings is 2. The molecule has 0 aromatic carbocycles. The lowest BCUT2D eigenvalue weighted by molar-refractivity contribution is -0.132. The molecule has 1 unspecified atom stereocenters. The Morgan fingerprint density at radius 2 is 2.07 bits per heavy atom. The van der Waals surface area contributed by atoms with Crippen molar-refractivity contribution in [1.29, 1.82) is 0 Å². The molecule has 1 atom stereocenters. The Morgan fingerprint density at radius 1 is 1.20 bits per heavy atom. The van der Waals surface area contributed by atoms with Crippen molar-refractivity contribution in [2.45, 2.75) is 25.7 Å². The highest BCUT2D eigenvalue weighted by Gasteiger charge is 2.54. The van der Waals surface area contributed by atoms with Gasteiger partial charge in [0.2, 0.25) is 5.91 Å². The first kappa shape index (κ1) is 18.8. The van der Waals surface area contributed by atoms with Crippen molar-refractivity contribution in [2.24, 2.45) is 11.3 Å². The van der Waals surface area contributed by atoms with Gasteiger partial charge in [-0.25, -0.2) is 0 Å². The van der Waals surface area contributed by atoms with E-state index in [-0.39, 0.29) is 11.8 Å². The van der Waals surface area contributed by atoms with Crippen LogP contribution in [0.1, 0.15) is 35.4 Å². The van der Waals surface area contributed by atoms with Crippen LogP contribution in [-0.4, -0.2) is 51.3 Å². The SMILES string of the molecule is O=C(NCC1CC12CCN(C(=O)Cc1ccccn1)CC2)c1cc2cnccc2[nH]1. The Labute approximate surface area is 174 Å². The number of nitrogens with zero attached hydrogens (tertiary/aromatic N) is 3. The summed E-state index contributed by atoms with van der Waals surface area (Å²) >= 11 is 0. The number of rotatable bonds is 5. The number of amides is 2. The maximum atomic E-state index is 12.5. The number of likely N-dealkylation sites (tertiary alicyclic amines) is 1. The summed E-state index contributed by atoms with van der Waals surface area (Å²) in [6.45, 7) is 2.28. The van der Waals surface area contributed by atoms with Crippen LogP contribution in [0.25, 0.3) is 10.9 Å². The third kappa shape index (κ3) is 3.67. The van der Waals surface area contributed by atoms with E-state index in [0.29, 0.717) is 30.0 Å². The molecule has 7 heteroatoms. The first-order valence-electron chi connectivity index (χ1n) is 10.5. The Hall–Kier alpha value is -3.22. The molecule has 1 aliphatic heterocycles. The van der Waals surface area contributed by atoms with E-state index in [0.717, 1.165) is 48.9 Å². The molecule has 0 radical (unpaired) electrons. The average molecular weight is 403 g/mol. The maximum absolute atomic E-state index is 12.5. The molecular formula is C23H25N5O2. The summed E-state index contributed by atoms with van der Waals surface area (Å²) in [6, 6.07) is 9.38. The lowest BCUT2D eigenvalue weighted by atomic mass is 9.90. The molecule has 2 fully saturated rings. The van der Waals surface area contributed by atoms with Crippen LogP contribution in [0.3, 0.4) is 0 Å². The minimum Gasteiger partial charge on any atom is -0.350 e. The fourth-order valence-electron chi connectivity index (χ4n) is 4.71. The Balaban J connectivity index is 1.10. The van der Waals surface area contributed by atoms with Crippen LogP contribution in [0.2, 0.25) is 0 Å². The van der Waals surface area contributed by atoms with Crippen LogP contribution >= 0.6 is 0 Å². The second-order valence-corrected chi connectivity index (χ2v) is 8.50. The van der Waals surface area contributed by atoms with Gasteiger partial charge in [0.1, 0.15) is 5.69 Å². The Bertz CT molecular complexity index is 1040. The van der Waals surface area contributed by atoms with Gasteiger partial charge < -0.3 is 15.2 Å². The van der Waals surface area contributed by atoms with Gasteiger partial charge in [0.05, 0.1) is 6.42 Å². The Morgan fingerprint density at radius 3 is 2.83 bits per heavy atom. The zero-order valence-electron chi connectivity index (χ0n) is 16.8. The van der Waals surface area contributed by atoms with E-state index in [4.69, 9.17) is 0 Å². The van der Waals surface area contributed by atoms with E-state index < -0.39 is 0 Å². The molecule has 5 rings (SSSR count). The summed E-state index contributed by atoms with van der Waals surface area (Å²) in [5, 5.41) is 4.02. The van der Waals surface area contributed by atoms with Crippen molar-refractivity contribution in [3.8, 4) is 0 Å². The van der Waals surface area contributed by atoms with Gasteiger partial charge in [-0.2, -0.15) is 0 Å². The largest absolute Gasteiger partial charge is 0.350 e. The zero-order chi connectivity index (χ0) is 20.6. The molecule has 0 bridgehead atoms. The van der Waals surface area contributed by atoms with E-state index in [1.54, 1.807) is 18.6 Å². The quantitative estimate of drug-likeness (QED) is 0.685. The van der Waals surface area contributed by atoms with E-state index in [1.165, 1.54) is 0 Å². The molecule has 154 valence electrons. The van der Waals surface area contributed by atoms with Crippen molar-refractivity contribution in [2.75, 3.05) is 19.6 Å². The van der Waals surface area contributed by atoms with Gasteiger partial charge in [-0.3, -0.25) is 19.6 Å². The molecule has 1 saturated carbocycles. The first-order chi connectivity index (χ1) is 14.6. The number of hydrogen-bond acceptors (Lipinski definition) is 4. The third-order valence-electron chi connectivity index (χ3n) is 6.70. The van der Waals surface area contributed by atoms with Crippen molar-refractivity contribution < 1.29 is 9.59 Å². The van der Waals surface area contributed by atoms with Crippen LogP contribution < -0.4 is 5.32 Å². The van der Waals surface area contributed by atoms with Crippen molar-refractivity contribution in [1.82, 2.24) is 25.2 Å². The predicted octanol–water partition coefficient (Wildman–Crippen LogP) is 2.56. The second-order valence-electron chi connectivity index (χ2n) is 8.50. The first-order valence-corrected chi connectivity index (χ1v) is 10.5. The number of piperidine rings is 1. The summed E-state index contributed by atoms with van der Waals surface area (Å²) in [7, 11) is 0. The summed E-state index contributed by atoms with van der Waals surface area (Å²) in [5.74, 6) is 0.583. The molecule has 7 nitrogen and oxygen atoms in total. The summed E-state index contributed by atoms with van der Waals surface area (Å²) in [6.07, 6.45) is 8.71. The number of H-pyrrole nitrogens is 1. The second kappa shape index (κ2) is 7.55. The predicted molar refractivity (Wildman–Crippen MR) is 113 cm³/mol. The lowest BCUT2D eigenvalue weighted by Gasteiger charge is -2.33. The minimum atomic E-state index is -0.0729. The lowest BCUT2D eigenvalue weighted by Crippen LogP contribution is -2.41. The fraction of sp³-hybridized carbons (Fsp3) is 0.391. The summed E-state index contributed by atoms with van der Waals surface area (Å²) < 4.78 is 0. The molecule has 1 aliphatic carbocycles. The highest BCUT2D eigenvalue weighted by atomic mass is 16.2. The molecular weight excluding hydrogens is 378 g/mol. The molecule has 2 N–H and O–H groups in total. The van der Waals surface area contributed by atoms with E-state index in [2.05, 4.69) is 20.3 Å². The number of nitrogens with one attached hydrogen (secondary N) is 2. The smallest absolute Gasteiger partial charge is 0.267 e. The van der Waals surface area contributed by atoms with Crippen molar-refractivity contribution >= 4 is 22.7 Å². The highest BCUT2D eigenvalue weighted by molar-refractivity contribution is 5.97. The molecule has 2 aliphatic rings. The van der Waals surface area contributed by atoms with Crippen LogP contribution in [0.15, 0.2) is 48.9 Å². The van der Waals surface area contributed by atoms with Gasteiger partial charge in [-0.15, -0.1) is 0 Å². The molecule has 1 saturated heterocycles. The molecule has 3 aromatic rings. The van der Waals surface area contributed by atoms with Crippen LogP contribution in [-0.2, 0) is 11.2 Å². The monoisotopic (exact) mass is 403 g/mol. The number of carbonyl (C=O) groups excluding carboxylic acids is 2.